The summed E-state index contributed by atoms with van der Waals surface area (Å²) in [5.74, 6) is 0. The Balaban J connectivity index is 2.44. The molecule has 0 unspecified atom stereocenters. The average molecular weight is 227 g/mol. The number of rotatable bonds is 0. The maximum absolute atomic E-state index is 12.5. The molecule has 0 spiro atoms. The molecule has 2 heterocycles. The van der Waals surface area contributed by atoms with E-state index in [-0.39, 0.29) is 5.56 Å². The zero-order chi connectivity index (χ0) is 12.0. The fourth-order valence-electron chi connectivity index (χ4n) is 2.96. The van der Waals surface area contributed by atoms with Crippen LogP contribution in [0, 0.1) is 13.8 Å². The molecule has 0 aliphatic carbocycles. The van der Waals surface area contributed by atoms with E-state index < -0.39 is 0 Å². The minimum Gasteiger partial charge on any atom is -0.312 e. The van der Waals surface area contributed by atoms with Crippen molar-refractivity contribution in [1.82, 2.24) is 4.57 Å². The molecule has 88 valence electrons. The smallest absolute Gasteiger partial charge is 0.258 e. The van der Waals surface area contributed by atoms with Crippen LogP contribution in [0.3, 0.4) is 0 Å². The van der Waals surface area contributed by atoms with Gasteiger partial charge in [0, 0.05) is 12.2 Å². The Morgan fingerprint density at radius 2 is 1.94 bits per heavy atom. The summed E-state index contributed by atoms with van der Waals surface area (Å²) in [7, 11) is 0. The Kier molecular flexibility index (Phi) is 2.32. The molecule has 2 nitrogen and oxygen atoms in total. The van der Waals surface area contributed by atoms with Crippen molar-refractivity contribution in [3.8, 4) is 0 Å². The molecule has 17 heavy (non-hydrogen) atoms. The Bertz CT molecular complexity index is 652. The van der Waals surface area contributed by atoms with Gasteiger partial charge in [0.2, 0.25) is 0 Å². The fourth-order valence-corrected chi connectivity index (χ4v) is 2.96. The lowest BCUT2D eigenvalue weighted by Crippen LogP contribution is -2.27. The van der Waals surface area contributed by atoms with Gasteiger partial charge in [-0.05, 0) is 50.1 Å². The molecule has 1 aliphatic rings. The van der Waals surface area contributed by atoms with Crippen molar-refractivity contribution in [3.05, 3.63) is 45.4 Å². The Morgan fingerprint density at radius 3 is 2.76 bits per heavy atom. The first-order valence-electron chi connectivity index (χ1n) is 6.30. The molecule has 2 heteroatoms. The molecule has 0 saturated heterocycles. The van der Waals surface area contributed by atoms with E-state index in [0.717, 1.165) is 35.7 Å². The van der Waals surface area contributed by atoms with Crippen molar-refractivity contribution in [1.29, 1.82) is 0 Å². The molecule has 0 atom stereocenters. The molecule has 0 bridgehead atoms. The summed E-state index contributed by atoms with van der Waals surface area (Å²) < 4.78 is 1.97. The molecular formula is C15H17NO. The molecule has 2 aromatic rings. The van der Waals surface area contributed by atoms with Gasteiger partial charge in [0.25, 0.3) is 5.56 Å². The van der Waals surface area contributed by atoms with Crippen molar-refractivity contribution in [2.24, 2.45) is 0 Å². The van der Waals surface area contributed by atoms with Crippen LogP contribution in [-0.2, 0) is 13.0 Å². The van der Waals surface area contributed by atoms with Gasteiger partial charge >= 0.3 is 0 Å². The number of pyridine rings is 1. The molecule has 3 rings (SSSR count). The zero-order valence-electron chi connectivity index (χ0n) is 10.4. The summed E-state index contributed by atoms with van der Waals surface area (Å²) in [6.45, 7) is 5.01. The molecule has 0 amide bonds. The van der Waals surface area contributed by atoms with Crippen LogP contribution >= 0.6 is 0 Å². The summed E-state index contributed by atoms with van der Waals surface area (Å²) in [5.41, 5.74) is 3.74. The van der Waals surface area contributed by atoms with Gasteiger partial charge in [0.15, 0.2) is 0 Å². The predicted octanol–water partition coefficient (Wildman–Crippen LogP) is 2.95. The molecule has 0 radical (unpaired) electrons. The highest BCUT2D eigenvalue weighted by Crippen LogP contribution is 2.21. The first-order chi connectivity index (χ1) is 8.16. The molecule has 0 N–H and O–H groups in total. The lowest BCUT2D eigenvalue weighted by atomic mass is 10.00. The van der Waals surface area contributed by atoms with E-state index in [1.807, 2.05) is 11.5 Å². The van der Waals surface area contributed by atoms with Gasteiger partial charge in [0.1, 0.15) is 0 Å². The van der Waals surface area contributed by atoms with Gasteiger partial charge in [-0.2, -0.15) is 0 Å². The Labute approximate surface area is 101 Å². The molecule has 1 aromatic heterocycles. The molecule has 0 saturated carbocycles. The van der Waals surface area contributed by atoms with Crippen LogP contribution in [0.25, 0.3) is 10.8 Å². The van der Waals surface area contributed by atoms with Crippen LogP contribution in [0.5, 0.6) is 0 Å². The third-order valence-corrected chi connectivity index (χ3v) is 3.70. The lowest BCUT2D eigenvalue weighted by Gasteiger charge is -2.19. The van der Waals surface area contributed by atoms with E-state index in [1.165, 1.54) is 17.7 Å². The van der Waals surface area contributed by atoms with Crippen LogP contribution in [0.4, 0.5) is 0 Å². The number of nitrogens with zero attached hydrogens (tertiary/aromatic N) is 1. The van der Waals surface area contributed by atoms with Gasteiger partial charge in [0.05, 0.1) is 5.39 Å². The predicted molar refractivity (Wildman–Crippen MR) is 70.6 cm³/mol. The first kappa shape index (κ1) is 10.6. The molecule has 0 fully saturated rings. The van der Waals surface area contributed by atoms with Gasteiger partial charge < -0.3 is 4.57 Å². The van der Waals surface area contributed by atoms with Gasteiger partial charge in [-0.1, -0.05) is 17.7 Å². The highest BCUT2D eigenvalue weighted by atomic mass is 16.1. The van der Waals surface area contributed by atoms with Gasteiger partial charge in [-0.25, -0.2) is 0 Å². The van der Waals surface area contributed by atoms with E-state index in [2.05, 4.69) is 25.1 Å². The van der Waals surface area contributed by atoms with Crippen LogP contribution in [0.15, 0.2) is 23.0 Å². The summed E-state index contributed by atoms with van der Waals surface area (Å²) in [4.78, 5) is 12.5. The number of aryl methyl sites for hydroxylation is 3. The first-order valence-corrected chi connectivity index (χ1v) is 6.30. The van der Waals surface area contributed by atoms with Crippen molar-refractivity contribution < 1.29 is 0 Å². The van der Waals surface area contributed by atoms with Crippen LogP contribution in [0.2, 0.25) is 0 Å². The van der Waals surface area contributed by atoms with Crippen LogP contribution in [-0.4, -0.2) is 4.57 Å². The summed E-state index contributed by atoms with van der Waals surface area (Å²) in [6.07, 6.45) is 3.37. The minimum atomic E-state index is 0.203. The molecule has 1 aromatic carbocycles. The highest BCUT2D eigenvalue weighted by Gasteiger charge is 2.14. The lowest BCUT2D eigenvalue weighted by molar-refractivity contribution is 0.516. The Hall–Kier alpha value is -1.57. The van der Waals surface area contributed by atoms with E-state index in [4.69, 9.17) is 0 Å². The van der Waals surface area contributed by atoms with E-state index >= 15 is 0 Å². The van der Waals surface area contributed by atoms with Crippen LogP contribution in [0.1, 0.15) is 29.7 Å². The minimum absolute atomic E-state index is 0.203. The fraction of sp³-hybridized carbons (Fsp3) is 0.400. The Morgan fingerprint density at radius 1 is 1.12 bits per heavy atom. The number of hydrogen-bond acceptors (Lipinski definition) is 1. The monoisotopic (exact) mass is 227 g/mol. The summed E-state index contributed by atoms with van der Waals surface area (Å²) in [6, 6.07) is 6.43. The van der Waals surface area contributed by atoms with Gasteiger partial charge in [-0.15, -0.1) is 0 Å². The quantitative estimate of drug-likeness (QED) is 0.678. The van der Waals surface area contributed by atoms with E-state index in [9.17, 15) is 4.79 Å². The summed E-state index contributed by atoms with van der Waals surface area (Å²) in [5, 5.41) is 2.02. The third-order valence-electron chi connectivity index (χ3n) is 3.70. The normalized spacial score (nSPS) is 14.9. The largest absolute Gasteiger partial charge is 0.312 e. The van der Waals surface area contributed by atoms with Crippen molar-refractivity contribution in [2.75, 3.05) is 0 Å². The average Bonchev–Trinajstić information content (AvgIpc) is 2.28. The number of hydrogen-bond donors (Lipinski definition) is 0. The summed E-state index contributed by atoms with van der Waals surface area (Å²) >= 11 is 0. The van der Waals surface area contributed by atoms with Crippen molar-refractivity contribution >= 4 is 10.8 Å². The number of benzene rings is 1. The third kappa shape index (κ3) is 1.59. The van der Waals surface area contributed by atoms with E-state index in [1.54, 1.807) is 0 Å². The van der Waals surface area contributed by atoms with Crippen LogP contribution < -0.4 is 5.56 Å². The maximum atomic E-state index is 12.5. The zero-order valence-corrected chi connectivity index (χ0v) is 10.4. The second kappa shape index (κ2) is 3.73. The second-order valence-electron chi connectivity index (χ2n) is 5.10. The molecule has 1 aliphatic heterocycles. The van der Waals surface area contributed by atoms with Crippen molar-refractivity contribution in [2.45, 2.75) is 39.7 Å². The standard InChI is InChI=1S/C15H17NO/c1-10-7-11(2)14-12(8-10)9-13-5-3-4-6-16(13)15(14)17/h7-9H,3-6H2,1-2H3. The van der Waals surface area contributed by atoms with Gasteiger partial charge in [-0.3, -0.25) is 4.79 Å². The molecular weight excluding hydrogens is 210 g/mol. The number of aromatic nitrogens is 1. The maximum Gasteiger partial charge on any atom is 0.258 e. The number of fused-ring (bicyclic) bond motifs is 2. The van der Waals surface area contributed by atoms with E-state index in [0.29, 0.717) is 0 Å². The topological polar surface area (TPSA) is 22.0 Å². The van der Waals surface area contributed by atoms with Crippen molar-refractivity contribution in [3.63, 3.8) is 0 Å². The SMILES string of the molecule is Cc1cc(C)c2c(=O)n3c(cc2c1)CCCC3. The second-order valence-corrected chi connectivity index (χ2v) is 5.10. The highest BCUT2D eigenvalue weighted by molar-refractivity contribution is 5.85.